The third kappa shape index (κ3) is 2.21. The molecule has 1 N–H and O–H groups in total. The molecule has 1 aromatic carbocycles. The van der Waals surface area contributed by atoms with Crippen LogP contribution in [0.5, 0.6) is 0 Å². The number of rotatable bonds is 2. The molecule has 120 valence electrons. The molecule has 1 atom stereocenters. The minimum Gasteiger partial charge on any atom is -0.501 e. The Kier molecular flexibility index (Phi) is 3.61. The van der Waals surface area contributed by atoms with Gasteiger partial charge in [-0.1, -0.05) is 29.3 Å². The molecular weight excluding hydrogens is 345 g/mol. The van der Waals surface area contributed by atoms with Crippen molar-refractivity contribution >= 4 is 40.8 Å². The number of imide groups is 1. The molecule has 1 saturated heterocycles. The van der Waals surface area contributed by atoms with Gasteiger partial charge in [0, 0.05) is 28.5 Å². The summed E-state index contributed by atoms with van der Waals surface area (Å²) in [6.07, 6.45) is -0.00649. The fraction of sp³-hybridized carbons (Fsp3) is 0.267. The van der Waals surface area contributed by atoms with Gasteiger partial charge in [-0.3, -0.25) is 14.4 Å². The van der Waals surface area contributed by atoms with Crippen LogP contribution in [0.3, 0.4) is 0 Å². The highest BCUT2D eigenvalue weighted by atomic mass is 35.5. The zero-order valence-corrected chi connectivity index (χ0v) is 13.4. The lowest BCUT2D eigenvalue weighted by molar-refractivity contribution is -0.144. The number of carbonyl (C=O) groups is 3. The molecule has 0 aliphatic carbocycles. The van der Waals surface area contributed by atoms with Crippen molar-refractivity contribution in [3.8, 4) is 0 Å². The van der Waals surface area contributed by atoms with Crippen LogP contribution in [0.1, 0.15) is 25.3 Å². The van der Waals surface area contributed by atoms with E-state index in [0.29, 0.717) is 4.90 Å². The van der Waals surface area contributed by atoms with Crippen molar-refractivity contribution in [2.45, 2.75) is 25.4 Å². The van der Waals surface area contributed by atoms with Crippen molar-refractivity contribution in [1.29, 1.82) is 0 Å². The molecule has 2 aliphatic heterocycles. The maximum atomic E-state index is 12.5. The molecule has 0 aromatic heterocycles. The van der Waals surface area contributed by atoms with E-state index in [0.717, 1.165) is 0 Å². The van der Waals surface area contributed by atoms with Gasteiger partial charge < -0.3 is 9.84 Å². The van der Waals surface area contributed by atoms with Gasteiger partial charge >= 0.3 is 0 Å². The third-order valence-electron chi connectivity index (χ3n) is 3.85. The summed E-state index contributed by atoms with van der Waals surface area (Å²) in [7, 11) is 0. The van der Waals surface area contributed by atoms with E-state index in [9.17, 15) is 19.5 Å². The van der Waals surface area contributed by atoms with Gasteiger partial charge in [0.05, 0.1) is 0 Å². The topological polar surface area (TPSA) is 83.9 Å². The molecule has 3 rings (SSSR count). The van der Waals surface area contributed by atoms with Crippen LogP contribution in [0.25, 0.3) is 0 Å². The van der Waals surface area contributed by atoms with Gasteiger partial charge in [0.2, 0.25) is 23.2 Å². The number of hydrogen-bond donors (Lipinski definition) is 1. The Morgan fingerprint density at radius 1 is 1.13 bits per heavy atom. The highest BCUT2D eigenvalue weighted by Gasteiger charge is 2.53. The number of nitrogens with zero attached hydrogens (tertiary/aromatic N) is 1. The van der Waals surface area contributed by atoms with E-state index in [2.05, 4.69) is 0 Å². The average Bonchev–Trinajstić information content (AvgIpc) is 2.92. The van der Waals surface area contributed by atoms with E-state index in [1.165, 1.54) is 19.1 Å². The van der Waals surface area contributed by atoms with Crippen LogP contribution in [-0.2, 0) is 24.7 Å². The minimum absolute atomic E-state index is 0.00325. The Morgan fingerprint density at radius 3 is 2.17 bits per heavy atom. The van der Waals surface area contributed by atoms with E-state index in [1.54, 1.807) is 6.07 Å². The maximum absolute atomic E-state index is 12.5. The van der Waals surface area contributed by atoms with Crippen LogP contribution in [0.2, 0.25) is 10.0 Å². The predicted molar refractivity (Wildman–Crippen MR) is 80.6 cm³/mol. The largest absolute Gasteiger partial charge is 0.501 e. The summed E-state index contributed by atoms with van der Waals surface area (Å²) >= 11 is 12.2. The molecule has 0 saturated carbocycles. The second-order valence-corrected chi connectivity index (χ2v) is 6.15. The Labute approximate surface area is 141 Å². The SMILES string of the molecule is CC1(c2c(Cl)cccc2Cl)OC(N2C(=O)CCC2=O)=C(O)C1=O. The van der Waals surface area contributed by atoms with Crippen molar-refractivity contribution in [3.05, 3.63) is 45.5 Å². The highest BCUT2D eigenvalue weighted by molar-refractivity contribution is 6.36. The third-order valence-corrected chi connectivity index (χ3v) is 4.48. The molecule has 0 radical (unpaired) electrons. The number of benzene rings is 1. The van der Waals surface area contributed by atoms with Crippen LogP contribution in [0.15, 0.2) is 29.8 Å². The lowest BCUT2D eigenvalue weighted by atomic mass is 9.91. The summed E-state index contributed by atoms with van der Waals surface area (Å²) in [6.45, 7) is 1.37. The molecule has 8 heteroatoms. The Balaban J connectivity index is 2.08. The molecule has 0 spiro atoms. The number of aliphatic hydroxyl groups is 1. The summed E-state index contributed by atoms with van der Waals surface area (Å²) in [5.41, 5.74) is -1.56. The number of ketones is 1. The summed E-state index contributed by atoms with van der Waals surface area (Å²) in [6, 6.07) is 4.64. The summed E-state index contributed by atoms with van der Waals surface area (Å²) < 4.78 is 5.54. The molecule has 2 heterocycles. The first-order valence-corrected chi connectivity index (χ1v) is 7.50. The molecule has 2 amide bonds. The zero-order valence-electron chi connectivity index (χ0n) is 11.9. The maximum Gasteiger partial charge on any atom is 0.252 e. The Bertz CT molecular complexity index is 752. The lowest BCUT2D eigenvalue weighted by Crippen LogP contribution is -2.34. The average molecular weight is 356 g/mol. The standard InChI is InChI=1S/C15H11Cl2NO5/c1-15(11-7(16)3-2-4-8(11)17)13(22)12(21)14(23-15)18-9(19)5-6-10(18)20/h2-4,21H,5-6H2,1H3. The van der Waals surface area contributed by atoms with Crippen LogP contribution in [0, 0.1) is 0 Å². The first-order valence-electron chi connectivity index (χ1n) is 6.74. The van der Waals surface area contributed by atoms with E-state index >= 15 is 0 Å². The van der Waals surface area contributed by atoms with Crippen molar-refractivity contribution in [2.24, 2.45) is 0 Å². The van der Waals surface area contributed by atoms with Crippen molar-refractivity contribution in [2.75, 3.05) is 0 Å². The van der Waals surface area contributed by atoms with Gasteiger partial charge in [0.1, 0.15) is 0 Å². The summed E-state index contributed by atoms with van der Waals surface area (Å²) in [4.78, 5) is 36.8. The molecule has 1 aromatic rings. The normalized spacial score (nSPS) is 24.7. The first-order chi connectivity index (χ1) is 10.8. The van der Waals surface area contributed by atoms with Crippen LogP contribution >= 0.6 is 23.2 Å². The number of hydrogen-bond acceptors (Lipinski definition) is 5. The Morgan fingerprint density at radius 2 is 1.65 bits per heavy atom. The quantitative estimate of drug-likeness (QED) is 0.824. The summed E-state index contributed by atoms with van der Waals surface area (Å²) in [5, 5.41) is 10.4. The monoisotopic (exact) mass is 355 g/mol. The van der Waals surface area contributed by atoms with E-state index < -0.39 is 34.8 Å². The number of aliphatic hydroxyl groups excluding tert-OH is 1. The van der Waals surface area contributed by atoms with E-state index in [-0.39, 0.29) is 28.5 Å². The fourth-order valence-corrected chi connectivity index (χ4v) is 3.44. The molecule has 1 unspecified atom stereocenters. The summed E-state index contributed by atoms with van der Waals surface area (Å²) in [5.74, 6) is -3.18. The number of ether oxygens (including phenoxy) is 1. The molecule has 2 aliphatic rings. The number of likely N-dealkylation sites (tertiary alicyclic amines) is 1. The molecule has 23 heavy (non-hydrogen) atoms. The van der Waals surface area contributed by atoms with Gasteiger partial charge in [0.15, 0.2) is 0 Å². The molecular formula is C15H11Cl2NO5. The Hall–Kier alpha value is -2.05. The second-order valence-electron chi connectivity index (χ2n) is 5.34. The predicted octanol–water partition coefficient (Wildman–Crippen LogP) is 2.68. The van der Waals surface area contributed by atoms with Crippen LogP contribution < -0.4 is 0 Å². The van der Waals surface area contributed by atoms with Crippen LogP contribution in [0.4, 0.5) is 0 Å². The smallest absolute Gasteiger partial charge is 0.252 e. The minimum atomic E-state index is -1.72. The fourth-order valence-electron chi connectivity index (χ4n) is 2.68. The van der Waals surface area contributed by atoms with Crippen molar-refractivity contribution < 1.29 is 24.2 Å². The van der Waals surface area contributed by atoms with Crippen molar-refractivity contribution in [3.63, 3.8) is 0 Å². The van der Waals surface area contributed by atoms with E-state index in [1.807, 2.05) is 0 Å². The van der Waals surface area contributed by atoms with Gasteiger partial charge in [-0.25, -0.2) is 4.90 Å². The number of amides is 2. The zero-order chi connectivity index (χ0) is 16.9. The van der Waals surface area contributed by atoms with Gasteiger partial charge in [0.25, 0.3) is 11.7 Å². The number of halogens is 2. The van der Waals surface area contributed by atoms with E-state index in [4.69, 9.17) is 27.9 Å². The van der Waals surface area contributed by atoms with Crippen LogP contribution in [-0.4, -0.2) is 27.6 Å². The molecule has 0 bridgehead atoms. The second kappa shape index (κ2) is 5.25. The first kappa shape index (κ1) is 15.8. The van der Waals surface area contributed by atoms with Crippen molar-refractivity contribution in [1.82, 2.24) is 4.90 Å². The van der Waals surface area contributed by atoms with Gasteiger partial charge in [-0.05, 0) is 19.1 Å². The number of carbonyl (C=O) groups excluding carboxylic acids is 3. The van der Waals surface area contributed by atoms with Gasteiger partial charge in [-0.2, -0.15) is 0 Å². The molecule has 1 fully saturated rings. The molecule has 6 nitrogen and oxygen atoms in total. The number of Topliss-reactive ketones (excluding diaryl/α,β-unsaturated/α-hetero) is 1. The van der Waals surface area contributed by atoms with Gasteiger partial charge in [-0.15, -0.1) is 0 Å². The lowest BCUT2D eigenvalue weighted by Gasteiger charge is -2.27. The highest BCUT2D eigenvalue weighted by Crippen LogP contribution is 2.45.